The molecule has 0 aliphatic carbocycles. The number of hydrogen-bond donors (Lipinski definition) is 1. The van der Waals surface area contributed by atoms with Gasteiger partial charge in [-0.25, -0.2) is 4.99 Å². The Balaban J connectivity index is 2.44. The van der Waals surface area contributed by atoms with Gasteiger partial charge in [-0.3, -0.25) is 10.1 Å². The maximum Gasteiger partial charge on any atom is 0.294 e. The molecule has 0 bridgehead atoms. The minimum absolute atomic E-state index is 0.0856. The molecule has 6 nitrogen and oxygen atoms in total. The predicted molar refractivity (Wildman–Crippen MR) is 87.1 cm³/mol. The SMILES string of the molecule is CCN(CC)CCCC(C)N=C(NC(=O)c1ccco1)OC. The third kappa shape index (κ3) is 6.30. The van der Waals surface area contributed by atoms with Crippen LogP contribution >= 0.6 is 0 Å². The van der Waals surface area contributed by atoms with E-state index in [2.05, 4.69) is 29.1 Å². The van der Waals surface area contributed by atoms with E-state index in [1.165, 1.54) is 13.4 Å². The van der Waals surface area contributed by atoms with Gasteiger partial charge in [-0.2, -0.15) is 0 Å². The third-order valence-corrected chi connectivity index (χ3v) is 3.49. The van der Waals surface area contributed by atoms with Crippen molar-refractivity contribution < 1.29 is 13.9 Å². The predicted octanol–water partition coefficient (Wildman–Crippen LogP) is 2.52. The van der Waals surface area contributed by atoms with Gasteiger partial charge < -0.3 is 14.1 Å². The summed E-state index contributed by atoms with van der Waals surface area (Å²) in [5, 5.41) is 2.61. The zero-order valence-corrected chi connectivity index (χ0v) is 14.0. The highest BCUT2D eigenvalue weighted by molar-refractivity contribution is 6.02. The molecule has 0 aliphatic heterocycles. The first-order valence-corrected chi connectivity index (χ1v) is 7.79. The second-order valence-electron chi connectivity index (χ2n) is 5.09. The lowest BCUT2D eigenvalue weighted by Crippen LogP contribution is -2.32. The Hall–Kier alpha value is -1.82. The number of nitrogens with one attached hydrogen (secondary N) is 1. The zero-order chi connectivity index (χ0) is 16.4. The van der Waals surface area contributed by atoms with Crippen molar-refractivity contribution in [3.05, 3.63) is 24.2 Å². The number of hydrogen-bond acceptors (Lipinski definition) is 5. The number of amides is 1. The molecule has 1 atom stereocenters. The van der Waals surface area contributed by atoms with Gasteiger partial charge in [0.15, 0.2) is 5.76 Å². The summed E-state index contributed by atoms with van der Waals surface area (Å²) in [7, 11) is 1.49. The Morgan fingerprint density at radius 1 is 1.45 bits per heavy atom. The Bertz CT molecular complexity index is 453. The van der Waals surface area contributed by atoms with Crippen LogP contribution in [-0.4, -0.2) is 49.6 Å². The standard InChI is InChI=1S/C16H27N3O3/c1-5-19(6-2)11-7-9-13(3)17-16(21-4)18-15(20)14-10-8-12-22-14/h8,10,12-13H,5-7,9,11H2,1-4H3,(H,17,18,20). The van der Waals surface area contributed by atoms with Gasteiger partial charge >= 0.3 is 0 Å². The number of furan rings is 1. The van der Waals surface area contributed by atoms with Gasteiger partial charge in [-0.15, -0.1) is 0 Å². The molecule has 0 saturated carbocycles. The summed E-state index contributed by atoms with van der Waals surface area (Å²) < 4.78 is 10.2. The molecule has 0 fully saturated rings. The fraction of sp³-hybridized carbons (Fsp3) is 0.625. The van der Waals surface area contributed by atoms with E-state index in [4.69, 9.17) is 9.15 Å². The molecule has 1 unspecified atom stereocenters. The molecule has 1 aromatic rings. The third-order valence-electron chi connectivity index (χ3n) is 3.49. The molecule has 0 saturated heterocycles. The molecule has 124 valence electrons. The molecule has 1 N–H and O–H groups in total. The topological polar surface area (TPSA) is 67.1 Å². The Morgan fingerprint density at radius 3 is 2.73 bits per heavy atom. The summed E-state index contributed by atoms with van der Waals surface area (Å²) in [6.45, 7) is 9.54. The van der Waals surface area contributed by atoms with Crippen molar-refractivity contribution >= 4 is 11.9 Å². The van der Waals surface area contributed by atoms with E-state index >= 15 is 0 Å². The van der Waals surface area contributed by atoms with Crippen molar-refractivity contribution in [3.8, 4) is 0 Å². The van der Waals surface area contributed by atoms with Gasteiger partial charge in [0.05, 0.1) is 19.4 Å². The van der Waals surface area contributed by atoms with Crippen molar-refractivity contribution in [2.45, 2.75) is 39.7 Å². The van der Waals surface area contributed by atoms with Crippen LogP contribution in [0.5, 0.6) is 0 Å². The van der Waals surface area contributed by atoms with E-state index in [0.717, 1.165) is 32.5 Å². The van der Waals surface area contributed by atoms with Crippen LogP contribution in [0.4, 0.5) is 0 Å². The van der Waals surface area contributed by atoms with Crippen molar-refractivity contribution in [2.24, 2.45) is 4.99 Å². The number of carbonyl (C=O) groups is 1. The summed E-state index contributed by atoms with van der Waals surface area (Å²) in [5.41, 5.74) is 0. The molecule has 0 spiro atoms. The quantitative estimate of drug-likeness (QED) is 0.592. The van der Waals surface area contributed by atoms with Crippen LogP contribution in [0.1, 0.15) is 44.2 Å². The van der Waals surface area contributed by atoms with E-state index < -0.39 is 0 Å². The Kier molecular flexibility index (Phi) is 8.28. The largest absolute Gasteiger partial charge is 0.468 e. The van der Waals surface area contributed by atoms with E-state index in [-0.39, 0.29) is 23.7 Å². The number of carbonyl (C=O) groups excluding carboxylic acids is 1. The number of rotatable bonds is 8. The molecule has 0 aliphatic rings. The van der Waals surface area contributed by atoms with Crippen LogP contribution in [0.3, 0.4) is 0 Å². The number of aliphatic imine (C=N–C) groups is 1. The molecular weight excluding hydrogens is 282 g/mol. The molecule has 1 rings (SSSR count). The summed E-state index contributed by atoms with van der Waals surface area (Å²) in [6, 6.07) is 3.56. The number of amidine groups is 1. The van der Waals surface area contributed by atoms with Crippen LogP contribution in [-0.2, 0) is 4.74 Å². The molecule has 0 radical (unpaired) electrons. The summed E-state index contributed by atoms with van der Waals surface area (Å²) in [6.07, 6.45) is 3.46. The number of methoxy groups -OCH3 is 1. The molecular formula is C16H27N3O3. The molecule has 22 heavy (non-hydrogen) atoms. The second kappa shape index (κ2) is 10.00. The van der Waals surface area contributed by atoms with E-state index in [0.29, 0.717) is 0 Å². The Labute approximate surface area is 132 Å². The molecule has 1 amide bonds. The number of nitrogens with zero attached hydrogens (tertiary/aromatic N) is 2. The van der Waals surface area contributed by atoms with E-state index in [9.17, 15) is 4.79 Å². The minimum Gasteiger partial charge on any atom is -0.468 e. The van der Waals surface area contributed by atoms with Crippen LogP contribution in [0, 0.1) is 0 Å². The van der Waals surface area contributed by atoms with Gasteiger partial charge in [0.1, 0.15) is 0 Å². The highest BCUT2D eigenvalue weighted by Crippen LogP contribution is 2.04. The zero-order valence-electron chi connectivity index (χ0n) is 14.0. The van der Waals surface area contributed by atoms with E-state index in [1.54, 1.807) is 12.1 Å². The maximum absolute atomic E-state index is 11.9. The van der Waals surface area contributed by atoms with Crippen LogP contribution in [0.15, 0.2) is 27.8 Å². The minimum atomic E-state index is -0.360. The number of ether oxygens (including phenoxy) is 1. The van der Waals surface area contributed by atoms with Crippen LogP contribution < -0.4 is 5.32 Å². The van der Waals surface area contributed by atoms with Gasteiger partial charge in [-0.05, 0) is 51.5 Å². The first kappa shape index (κ1) is 18.2. The van der Waals surface area contributed by atoms with Crippen molar-refractivity contribution in [2.75, 3.05) is 26.7 Å². The molecule has 1 aromatic heterocycles. The lowest BCUT2D eigenvalue weighted by molar-refractivity contribution is 0.0941. The fourth-order valence-electron chi connectivity index (χ4n) is 2.12. The molecule has 0 aromatic carbocycles. The van der Waals surface area contributed by atoms with Crippen LogP contribution in [0.2, 0.25) is 0 Å². The first-order valence-electron chi connectivity index (χ1n) is 7.79. The fourth-order valence-corrected chi connectivity index (χ4v) is 2.12. The van der Waals surface area contributed by atoms with Crippen molar-refractivity contribution in [1.82, 2.24) is 10.2 Å². The van der Waals surface area contributed by atoms with Crippen molar-refractivity contribution in [3.63, 3.8) is 0 Å². The van der Waals surface area contributed by atoms with Crippen molar-refractivity contribution in [1.29, 1.82) is 0 Å². The Morgan fingerprint density at radius 2 is 2.18 bits per heavy atom. The smallest absolute Gasteiger partial charge is 0.294 e. The monoisotopic (exact) mass is 309 g/mol. The van der Waals surface area contributed by atoms with E-state index in [1.807, 2.05) is 6.92 Å². The first-order chi connectivity index (χ1) is 10.6. The van der Waals surface area contributed by atoms with Gasteiger partial charge in [0.25, 0.3) is 11.9 Å². The lowest BCUT2D eigenvalue weighted by atomic mass is 10.2. The van der Waals surface area contributed by atoms with Gasteiger partial charge in [0, 0.05) is 0 Å². The second-order valence-corrected chi connectivity index (χ2v) is 5.09. The molecule has 1 heterocycles. The van der Waals surface area contributed by atoms with Gasteiger partial charge in [-0.1, -0.05) is 13.8 Å². The average molecular weight is 309 g/mol. The average Bonchev–Trinajstić information content (AvgIpc) is 3.05. The highest BCUT2D eigenvalue weighted by atomic mass is 16.5. The lowest BCUT2D eigenvalue weighted by Gasteiger charge is -2.18. The summed E-state index contributed by atoms with van der Waals surface area (Å²) in [4.78, 5) is 18.6. The van der Waals surface area contributed by atoms with Crippen LogP contribution in [0.25, 0.3) is 0 Å². The maximum atomic E-state index is 11.9. The summed E-state index contributed by atoms with van der Waals surface area (Å²) in [5.74, 6) is -0.125. The normalized spacial score (nSPS) is 13.2. The highest BCUT2D eigenvalue weighted by Gasteiger charge is 2.12. The van der Waals surface area contributed by atoms with Gasteiger partial charge in [0.2, 0.25) is 0 Å². The summed E-state index contributed by atoms with van der Waals surface area (Å²) >= 11 is 0. The molecule has 6 heteroatoms.